The van der Waals surface area contributed by atoms with Gasteiger partial charge in [-0.05, 0) is 44.4 Å². The molecule has 2 aliphatic heterocycles. The molecule has 1 saturated heterocycles. The molecule has 7 nitrogen and oxygen atoms in total. The highest BCUT2D eigenvalue weighted by Crippen LogP contribution is 2.40. The van der Waals surface area contributed by atoms with Crippen molar-refractivity contribution in [2.24, 2.45) is 0 Å². The second-order valence-electron chi connectivity index (χ2n) is 7.92. The van der Waals surface area contributed by atoms with E-state index in [1.807, 2.05) is 19.1 Å². The molecule has 1 unspecified atom stereocenters. The van der Waals surface area contributed by atoms with Crippen LogP contribution in [0.1, 0.15) is 47.6 Å². The minimum Gasteiger partial charge on any atom is -0.355 e. The van der Waals surface area contributed by atoms with Crippen molar-refractivity contribution in [2.75, 3.05) is 23.3 Å². The first kappa shape index (κ1) is 17.8. The summed E-state index contributed by atoms with van der Waals surface area (Å²) in [6.07, 6.45) is 2.81. The predicted molar refractivity (Wildman–Crippen MR) is 112 cm³/mol. The lowest BCUT2D eigenvalue weighted by Gasteiger charge is -2.24. The summed E-state index contributed by atoms with van der Waals surface area (Å²) in [5.41, 5.74) is 4.29. The van der Waals surface area contributed by atoms with Crippen molar-refractivity contribution in [3.8, 4) is 5.82 Å². The number of hydrogen-bond acceptors (Lipinski definition) is 5. The summed E-state index contributed by atoms with van der Waals surface area (Å²) in [6, 6.07) is 12.3. The largest absolute Gasteiger partial charge is 0.355 e. The maximum atomic E-state index is 12.5. The summed E-state index contributed by atoms with van der Waals surface area (Å²) < 4.78 is 1.71. The topological polar surface area (TPSA) is 75.9 Å². The molecule has 1 atom stereocenters. The number of fused-ring (bicyclic) bond motifs is 1. The molecule has 1 amide bonds. The minimum absolute atomic E-state index is 0.00845. The molecule has 7 heteroatoms. The van der Waals surface area contributed by atoms with E-state index in [1.54, 1.807) is 4.68 Å². The Kier molecular flexibility index (Phi) is 4.30. The van der Waals surface area contributed by atoms with Crippen molar-refractivity contribution in [1.82, 2.24) is 20.0 Å². The van der Waals surface area contributed by atoms with Crippen LogP contribution in [0.4, 0.5) is 11.6 Å². The fourth-order valence-corrected chi connectivity index (χ4v) is 4.34. The van der Waals surface area contributed by atoms with Crippen LogP contribution < -0.4 is 10.2 Å². The summed E-state index contributed by atoms with van der Waals surface area (Å²) >= 11 is 0. The summed E-state index contributed by atoms with van der Waals surface area (Å²) in [7, 11) is 0. The molecule has 2 aliphatic rings. The molecule has 3 aromatic rings. The van der Waals surface area contributed by atoms with Gasteiger partial charge < -0.3 is 10.2 Å². The van der Waals surface area contributed by atoms with Gasteiger partial charge in [-0.25, -0.2) is 0 Å². The third kappa shape index (κ3) is 3.16. The van der Waals surface area contributed by atoms with Crippen LogP contribution >= 0.6 is 0 Å². The lowest BCUT2D eigenvalue weighted by Crippen LogP contribution is -2.25. The number of aromatic nitrogens is 4. The van der Waals surface area contributed by atoms with Gasteiger partial charge in [0.05, 0.1) is 5.69 Å². The molecule has 5 rings (SSSR count). The Bertz CT molecular complexity index is 1050. The van der Waals surface area contributed by atoms with Crippen LogP contribution in [-0.4, -0.2) is 39.0 Å². The molecule has 0 bridgehead atoms. The van der Waals surface area contributed by atoms with Crippen molar-refractivity contribution in [3.05, 3.63) is 58.8 Å². The number of nitrogens with zero attached hydrogens (tertiary/aromatic N) is 5. The molecule has 1 N–H and O–H groups in total. The Hall–Kier alpha value is -3.22. The van der Waals surface area contributed by atoms with Gasteiger partial charge in [-0.3, -0.25) is 4.79 Å². The molecular formula is C22H24N6O. The van der Waals surface area contributed by atoms with Crippen LogP contribution in [0, 0.1) is 13.8 Å². The van der Waals surface area contributed by atoms with Gasteiger partial charge in [0, 0.05) is 31.0 Å². The van der Waals surface area contributed by atoms with E-state index in [0.717, 1.165) is 35.7 Å². The maximum Gasteiger partial charge on any atom is 0.226 e. The zero-order valence-electron chi connectivity index (χ0n) is 16.7. The molecule has 148 valence electrons. The van der Waals surface area contributed by atoms with E-state index in [9.17, 15) is 4.79 Å². The summed E-state index contributed by atoms with van der Waals surface area (Å²) in [6.45, 7) is 6.10. The average molecular weight is 388 g/mol. The zero-order chi connectivity index (χ0) is 20.0. The quantitative estimate of drug-likeness (QED) is 0.745. The van der Waals surface area contributed by atoms with Gasteiger partial charge >= 0.3 is 0 Å². The Balaban J connectivity index is 1.54. The number of aryl methyl sites for hydroxylation is 2. The number of carbonyl (C=O) groups is 1. The smallest absolute Gasteiger partial charge is 0.226 e. The summed E-state index contributed by atoms with van der Waals surface area (Å²) in [5, 5.41) is 16.5. The third-order valence-electron chi connectivity index (χ3n) is 5.87. The lowest BCUT2D eigenvalue weighted by atomic mass is 9.85. The van der Waals surface area contributed by atoms with E-state index in [0.29, 0.717) is 18.1 Å². The highest BCUT2D eigenvalue weighted by atomic mass is 16.1. The molecular weight excluding hydrogens is 364 g/mol. The first-order valence-corrected chi connectivity index (χ1v) is 10.1. The van der Waals surface area contributed by atoms with Crippen LogP contribution in [0.3, 0.4) is 0 Å². The van der Waals surface area contributed by atoms with Gasteiger partial charge in [-0.15, -0.1) is 10.2 Å². The Labute approximate surface area is 169 Å². The van der Waals surface area contributed by atoms with Crippen LogP contribution in [-0.2, 0) is 4.79 Å². The molecule has 4 heterocycles. The third-order valence-corrected chi connectivity index (χ3v) is 5.87. The second kappa shape index (κ2) is 6.99. The first-order valence-electron chi connectivity index (χ1n) is 10.1. The van der Waals surface area contributed by atoms with E-state index in [4.69, 9.17) is 5.10 Å². The van der Waals surface area contributed by atoms with Gasteiger partial charge in [0.15, 0.2) is 11.6 Å². The average Bonchev–Trinajstić information content (AvgIpc) is 3.37. The van der Waals surface area contributed by atoms with Gasteiger partial charge in [-0.1, -0.05) is 29.8 Å². The Morgan fingerprint density at radius 1 is 0.966 bits per heavy atom. The lowest BCUT2D eigenvalue weighted by molar-refractivity contribution is -0.116. The van der Waals surface area contributed by atoms with E-state index >= 15 is 0 Å². The monoisotopic (exact) mass is 388 g/mol. The number of anilines is 2. The highest BCUT2D eigenvalue weighted by Gasteiger charge is 2.33. The molecule has 0 spiro atoms. The minimum atomic E-state index is -0.00932. The standard InChI is InChI=1S/C22H24N6O/c1-14-5-7-16(8-6-14)17-13-20(29)23-22-21(17)15(2)26-28(22)19-10-9-18(24-25-19)27-11-3-4-12-27/h5-10,17H,3-4,11-13H2,1-2H3,(H,23,29). The van der Waals surface area contributed by atoms with Crippen molar-refractivity contribution in [3.63, 3.8) is 0 Å². The molecule has 1 aromatic carbocycles. The predicted octanol–water partition coefficient (Wildman–Crippen LogP) is 3.35. The maximum absolute atomic E-state index is 12.5. The fraction of sp³-hybridized carbons (Fsp3) is 0.364. The van der Waals surface area contributed by atoms with Gasteiger partial charge in [0.2, 0.25) is 5.91 Å². The number of nitrogens with one attached hydrogen (secondary N) is 1. The summed E-state index contributed by atoms with van der Waals surface area (Å²) in [5.74, 6) is 2.19. The Morgan fingerprint density at radius 3 is 2.34 bits per heavy atom. The number of carbonyl (C=O) groups excluding carboxylic acids is 1. The van der Waals surface area contributed by atoms with E-state index < -0.39 is 0 Å². The van der Waals surface area contributed by atoms with Gasteiger partial charge in [0.25, 0.3) is 0 Å². The van der Waals surface area contributed by atoms with Crippen LogP contribution in [0.15, 0.2) is 36.4 Å². The van der Waals surface area contributed by atoms with Crippen molar-refractivity contribution in [1.29, 1.82) is 0 Å². The van der Waals surface area contributed by atoms with Crippen LogP contribution in [0.5, 0.6) is 0 Å². The number of benzene rings is 1. The van der Waals surface area contributed by atoms with Crippen molar-refractivity contribution >= 4 is 17.5 Å². The summed E-state index contributed by atoms with van der Waals surface area (Å²) in [4.78, 5) is 14.7. The molecule has 29 heavy (non-hydrogen) atoms. The Morgan fingerprint density at radius 2 is 1.66 bits per heavy atom. The molecule has 0 radical (unpaired) electrons. The highest BCUT2D eigenvalue weighted by molar-refractivity contribution is 5.95. The SMILES string of the molecule is Cc1ccc(C2CC(=O)Nc3c2c(C)nn3-c2ccc(N3CCCC3)nn2)cc1. The molecule has 0 aliphatic carbocycles. The molecule has 2 aromatic heterocycles. The van der Waals surface area contributed by atoms with Gasteiger partial charge in [0.1, 0.15) is 5.82 Å². The van der Waals surface area contributed by atoms with E-state index in [1.165, 1.54) is 18.4 Å². The van der Waals surface area contributed by atoms with Crippen molar-refractivity contribution in [2.45, 2.75) is 39.0 Å². The van der Waals surface area contributed by atoms with Crippen molar-refractivity contribution < 1.29 is 4.79 Å². The number of hydrogen-bond donors (Lipinski definition) is 1. The molecule has 1 fully saturated rings. The van der Waals surface area contributed by atoms with E-state index in [2.05, 4.69) is 51.6 Å². The fourth-order valence-electron chi connectivity index (χ4n) is 4.34. The number of amides is 1. The number of rotatable bonds is 3. The molecule has 0 saturated carbocycles. The van der Waals surface area contributed by atoms with Gasteiger partial charge in [-0.2, -0.15) is 9.78 Å². The zero-order valence-corrected chi connectivity index (χ0v) is 16.7. The second-order valence-corrected chi connectivity index (χ2v) is 7.92. The normalized spacial score (nSPS) is 18.6. The van der Waals surface area contributed by atoms with Crippen LogP contribution in [0.2, 0.25) is 0 Å². The van der Waals surface area contributed by atoms with Crippen LogP contribution in [0.25, 0.3) is 5.82 Å². The van der Waals surface area contributed by atoms with E-state index in [-0.39, 0.29) is 11.8 Å². The first-order chi connectivity index (χ1) is 14.1.